The number of nitrogens with zero attached hydrogens (tertiary/aromatic N) is 6. The molecule has 0 fully saturated rings. The zero-order chi connectivity index (χ0) is 84.6. The molecule has 0 aliphatic carbocycles. The third kappa shape index (κ3) is 18.5. The second-order valence-electron chi connectivity index (χ2n) is 32.7. The summed E-state index contributed by atoms with van der Waals surface area (Å²) in [6, 6.07) is 135. The average molecular weight is 1980 g/mol. The van der Waals surface area contributed by atoms with Gasteiger partial charge in [-0.1, -0.05) is 314 Å². The number of aromatic nitrogens is 6. The van der Waals surface area contributed by atoms with Crippen LogP contribution in [-0.4, -0.2) is 29.9 Å². The van der Waals surface area contributed by atoms with E-state index in [-0.39, 0.29) is 40.2 Å². The van der Waals surface area contributed by atoms with E-state index in [0.717, 1.165) is 204 Å². The molecule has 18 rings (SSSR count). The fraction of sp³-hybridized carbons (Fsp3) is 0.136. The van der Waals surface area contributed by atoms with Crippen molar-refractivity contribution in [1.82, 2.24) is 29.9 Å². The van der Waals surface area contributed by atoms with E-state index in [1.807, 2.05) is 49.3 Å². The average Bonchev–Trinajstić information content (AvgIpc) is 0.777. The molecule has 6 heterocycles. The predicted molar refractivity (Wildman–Crippen MR) is 513 cm³/mol. The molecule has 126 heavy (non-hydrogen) atoms. The molecule has 4 unspecified atom stereocenters. The fourth-order valence-corrected chi connectivity index (χ4v) is 16.9. The van der Waals surface area contributed by atoms with Crippen LogP contribution in [0.15, 0.2) is 353 Å². The standard InChI is InChI=1S/C118H94N6.2Ir/c1-9-77(5)89-57-61-119-115(71-89)85-45-37-81(38-46-85)101-25-13-19-31-107(101)95-65-96(108-32-20-14-26-102(108)82-39-47-86(48-40-82)116-72-90(58-62-120-116)78(6)10-2)68-99(67-95)111-35-23-17-29-105(111)93-53-55-113(123-75-93)114-56-54-94(76-124-114)106-30-18-24-36-112(106)100-69-97(109-33-21-15-27-103(109)83-41-49-87(50-42-83)117-73-91(59-63-121-117)79(7)11-3)66-98(70-100)110-34-22-16-28-104(110)84-43-51-88(52-44-84)118-74-92(60-64-122-118)80(8)12-4;;/h13-45,47,49,51,53-54,57-80H,9-12H2,1-8H3;;/q-6;2*+3. The molecule has 0 saturated heterocycles. The summed E-state index contributed by atoms with van der Waals surface area (Å²) in [4.78, 5) is 29.5. The van der Waals surface area contributed by atoms with Gasteiger partial charge in [0.1, 0.15) is 0 Å². The number of hydrogen-bond donors (Lipinski definition) is 0. The van der Waals surface area contributed by atoms with Crippen LogP contribution in [0.2, 0.25) is 0 Å². The molecule has 6 nitrogen and oxygen atoms in total. The van der Waals surface area contributed by atoms with Crippen molar-refractivity contribution in [3.63, 3.8) is 0 Å². The molecule has 0 aliphatic rings. The SMILES string of the molecule is CCC(C)c1ccnc(-c2[c-]cc(-c3ccccc3-c3cc(-c4ccccc4-c4c[c-]c(-c5cc(C(C)CC)ccn5)cc4)cc(-c4ccccc4-c4c[c-]c(-c5[c-]cc(-c6ccccc6-c6cc(-c7ccccc7-c7c[c-]c(-c8cc(C(C)CC)ccn8)cc7)cc(-c7ccccc7-c7c[c-]c(-c8cc(C(C)CC)ccn8)cc7)c6)cn5)nc4)c3)cc2)c1.[Ir+3].[Ir+3]. The molecule has 614 valence electrons. The van der Waals surface area contributed by atoms with Crippen molar-refractivity contribution in [2.24, 2.45) is 0 Å². The largest absolute Gasteiger partial charge is 3.00 e. The van der Waals surface area contributed by atoms with Gasteiger partial charge >= 0.3 is 40.2 Å². The molecule has 18 aromatic rings. The van der Waals surface area contributed by atoms with E-state index >= 15 is 0 Å². The Hall–Kier alpha value is -13.2. The van der Waals surface area contributed by atoms with Crippen LogP contribution < -0.4 is 0 Å². The van der Waals surface area contributed by atoms with Crippen molar-refractivity contribution in [3.8, 4) is 190 Å². The minimum absolute atomic E-state index is 0. The Morgan fingerprint density at radius 1 is 0.206 bits per heavy atom. The Labute approximate surface area is 770 Å². The van der Waals surface area contributed by atoms with E-state index in [0.29, 0.717) is 35.1 Å². The first-order chi connectivity index (χ1) is 60.9. The van der Waals surface area contributed by atoms with Crippen LogP contribution in [0.3, 0.4) is 0 Å². The maximum absolute atomic E-state index is 5.15. The van der Waals surface area contributed by atoms with Crippen molar-refractivity contribution >= 4 is 0 Å². The summed E-state index contributed by atoms with van der Waals surface area (Å²) in [5, 5.41) is 0. The summed E-state index contributed by atoms with van der Waals surface area (Å²) in [7, 11) is 0. The van der Waals surface area contributed by atoms with Crippen LogP contribution in [0.25, 0.3) is 190 Å². The van der Waals surface area contributed by atoms with Gasteiger partial charge in [-0.05, 0) is 212 Å². The van der Waals surface area contributed by atoms with Gasteiger partial charge in [-0.2, -0.15) is 12.1 Å². The first-order valence-electron chi connectivity index (χ1n) is 43.5. The van der Waals surface area contributed by atoms with Gasteiger partial charge in [-0.3, -0.25) is 0 Å². The van der Waals surface area contributed by atoms with Gasteiger partial charge in [-0.25, -0.2) is 12.1 Å². The van der Waals surface area contributed by atoms with E-state index in [9.17, 15) is 0 Å². The number of hydrogen-bond acceptors (Lipinski definition) is 6. The molecule has 12 aromatic carbocycles. The first-order valence-corrected chi connectivity index (χ1v) is 43.5. The van der Waals surface area contributed by atoms with Gasteiger partial charge in [0, 0.05) is 24.8 Å². The van der Waals surface area contributed by atoms with Crippen molar-refractivity contribution in [2.45, 2.75) is 105 Å². The molecule has 0 radical (unpaired) electrons. The minimum Gasteiger partial charge on any atom is -0.357 e. The molecule has 6 aromatic heterocycles. The maximum atomic E-state index is 5.15. The second-order valence-corrected chi connectivity index (χ2v) is 32.7. The van der Waals surface area contributed by atoms with E-state index in [4.69, 9.17) is 29.9 Å². The molecule has 0 amide bonds. The van der Waals surface area contributed by atoms with Crippen molar-refractivity contribution in [2.75, 3.05) is 0 Å². The van der Waals surface area contributed by atoms with E-state index in [1.54, 1.807) is 0 Å². The molecule has 0 saturated carbocycles. The van der Waals surface area contributed by atoms with E-state index in [2.05, 4.69) is 395 Å². The Kier molecular flexibility index (Phi) is 27.0. The molecule has 4 atom stereocenters. The van der Waals surface area contributed by atoms with Crippen LogP contribution in [0.5, 0.6) is 0 Å². The molecular formula is C118H94Ir2N6. The molecule has 0 bridgehead atoms. The van der Waals surface area contributed by atoms with E-state index < -0.39 is 0 Å². The normalized spacial score (nSPS) is 12.2. The topological polar surface area (TPSA) is 77.3 Å². The van der Waals surface area contributed by atoms with E-state index in [1.165, 1.54) is 22.3 Å². The van der Waals surface area contributed by atoms with Gasteiger partial charge in [0.15, 0.2) is 0 Å². The van der Waals surface area contributed by atoms with Crippen LogP contribution >= 0.6 is 0 Å². The molecule has 0 aliphatic heterocycles. The summed E-state index contributed by atoms with van der Waals surface area (Å²) in [5.41, 5.74) is 39.3. The van der Waals surface area contributed by atoms with Crippen molar-refractivity contribution in [3.05, 3.63) is 411 Å². The van der Waals surface area contributed by atoms with Gasteiger partial charge in [0.25, 0.3) is 0 Å². The first kappa shape index (κ1) is 86.4. The zero-order valence-electron chi connectivity index (χ0n) is 72.0. The monoisotopic (exact) mass is 1980 g/mol. The predicted octanol–water partition coefficient (Wildman–Crippen LogP) is 31.2. The summed E-state index contributed by atoms with van der Waals surface area (Å²) in [6.07, 6.45) is 15.8. The number of rotatable bonds is 25. The summed E-state index contributed by atoms with van der Waals surface area (Å²) >= 11 is 0. The summed E-state index contributed by atoms with van der Waals surface area (Å²) in [6.45, 7) is 18.0. The number of benzene rings is 12. The van der Waals surface area contributed by atoms with Crippen LogP contribution in [-0.2, 0) is 40.2 Å². The van der Waals surface area contributed by atoms with Crippen LogP contribution in [0.1, 0.15) is 127 Å². The van der Waals surface area contributed by atoms with Crippen molar-refractivity contribution < 1.29 is 40.2 Å². The smallest absolute Gasteiger partial charge is 0.357 e. The Balaban J connectivity index is 0.00000585. The van der Waals surface area contributed by atoms with Gasteiger partial charge in [-0.15, -0.1) is 131 Å². The minimum atomic E-state index is 0. The second kappa shape index (κ2) is 39.4. The molecule has 0 spiro atoms. The van der Waals surface area contributed by atoms with Crippen LogP contribution in [0, 0.1) is 36.4 Å². The Bertz CT molecular complexity index is 6110. The van der Waals surface area contributed by atoms with Gasteiger partial charge < -0.3 is 29.9 Å². The summed E-state index contributed by atoms with van der Waals surface area (Å²) in [5.74, 6) is 1.74. The zero-order valence-corrected chi connectivity index (χ0v) is 76.8. The number of pyridine rings is 6. The Morgan fingerprint density at radius 3 is 0.571 bits per heavy atom. The fourth-order valence-electron chi connectivity index (χ4n) is 16.9. The Morgan fingerprint density at radius 2 is 0.397 bits per heavy atom. The quantitative estimate of drug-likeness (QED) is 0.0531. The molecule has 0 N–H and O–H groups in total. The third-order valence-electron chi connectivity index (χ3n) is 25.0. The van der Waals surface area contributed by atoms with Crippen LogP contribution in [0.4, 0.5) is 0 Å². The molecular weight excluding hydrogens is 1890 g/mol. The summed E-state index contributed by atoms with van der Waals surface area (Å²) < 4.78 is 0. The molecule has 8 heteroatoms. The van der Waals surface area contributed by atoms with Crippen molar-refractivity contribution in [1.29, 1.82) is 0 Å². The van der Waals surface area contributed by atoms with Gasteiger partial charge in [0.2, 0.25) is 0 Å². The maximum Gasteiger partial charge on any atom is 3.00 e. The van der Waals surface area contributed by atoms with Gasteiger partial charge in [0.05, 0.1) is 0 Å². The third-order valence-corrected chi connectivity index (χ3v) is 25.0.